The minimum atomic E-state index is 0.557. The van der Waals surface area contributed by atoms with Gasteiger partial charge in [-0.2, -0.15) is 0 Å². The van der Waals surface area contributed by atoms with Crippen molar-refractivity contribution in [2.45, 2.75) is 31.8 Å². The monoisotopic (exact) mass is 435 g/mol. The first-order valence-corrected chi connectivity index (χ1v) is 11.9. The maximum Gasteiger partial charge on any atom is 0.191 e. The van der Waals surface area contributed by atoms with Gasteiger partial charge in [0.1, 0.15) is 5.75 Å². The number of guanidine groups is 1. The van der Waals surface area contributed by atoms with E-state index in [1.54, 1.807) is 7.11 Å². The van der Waals surface area contributed by atoms with Gasteiger partial charge in [0, 0.05) is 45.8 Å². The molecule has 2 aromatic carbocycles. The van der Waals surface area contributed by atoms with Gasteiger partial charge in [-0.1, -0.05) is 42.5 Å². The summed E-state index contributed by atoms with van der Waals surface area (Å²) in [5.74, 6) is 2.46. The predicted octanol–water partition coefficient (Wildman–Crippen LogP) is 3.35. The van der Waals surface area contributed by atoms with Crippen molar-refractivity contribution in [3.63, 3.8) is 0 Å². The summed E-state index contributed by atoms with van der Waals surface area (Å²) in [5, 5.41) is 7.14. The van der Waals surface area contributed by atoms with Gasteiger partial charge >= 0.3 is 0 Å². The highest BCUT2D eigenvalue weighted by Gasteiger charge is 2.26. The van der Waals surface area contributed by atoms with Gasteiger partial charge in [0.05, 0.1) is 12.8 Å². The van der Waals surface area contributed by atoms with E-state index in [0.717, 1.165) is 44.4 Å². The molecule has 2 saturated heterocycles. The lowest BCUT2D eigenvalue weighted by Gasteiger charge is -2.26. The number of likely N-dealkylation sites (tertiary alicyclic amines) is 1. The number of hydrogen-bond acceptors (Lipinski definition) is 4. The normalized spacial score (nSPS) is 21.7. The Hall–Kier alpha value is -2.73. The summed E-state index contributed by atoms with van der Waals surface area (Å²) in [6, 6.07) is 19.6. The average molecular weight is 436 g/mol. The molecule has 2 fully saturated rings. The molecular weight excluding hydrogens is 398 g/mol. The van der Waals surface area contributed by atoms with Crippen molar-refractivity contribution in [1.82, 2.24) is 15.5 Å². The molecule has 0 aliphatic carbocycles. The van der Waals surface area contributed by atoms with Crippen LogP contribution in [0.2, 0.25) is 0 Å². The lowest BCUT2D eigenvalue weighted by atomic mass is 10.1. The van der Waals surface area contributed by atoms with Crippen LogP contribution >= 0.6 is 0 Å². The molecular formula is C26H37N5O. The van der Waals surface area contributed by atoms with Crippen LogP contribution in [0.25, 0.3) is 0 Å². The lowest BCUT2D eigenvalue weighted by Crippen LogP contribution is -2.45. The summed E-state index contributed by atoms with van der Waals surface area (Å²) in [5.41, 5.74) is 2.59. The Morgan fingerprint density at radius 1 is 1.00 bits per heavy atom. The molecule has 172 valence electrons. The standard InChI is InChI=1S/C26H37N5O/c1-27-26(29-18-23-11-8-15-30(23)19-21-9-4-3-5-10-21)28-17-22-14-16-31(20-22)24-12-6-7-13-25(24)32-2/h3-7,9-10,12-13,22-23H,8,11,14-20H2,1-2H3,(H2,27,28,29). The maximum atomic E-state index is 5.54. The Morgan fingerprint density at radius 3 is 2.59 bits per heavy atom. The number of ether oxygens (including phenoxy) is 1. The molecule has 0 aromatic heterocycles. The zero-order chi connectivity index (χ0) is 22.2. The summed E-state index contributed by atoms with van der Waals surface area (Å²) in [6.45, 7) is 6.18. The molecule has 4 rings (SSSR count). The van der Waals surface area contributed by atoms with Crippen molar-refractivity contribution in [3.05, 3.63) is 60.2 Å². The summed E-state index contributed by atoms with van der Waals surface area (Å²) in [7, 11) is 3.61. The fourth-order valence-electron chi connectivity index (χ4n) is 4.94. The van der Waals surface area contributed by atoms with E-state index in [1.165, 1.54) is 37.1 Å². The first kappa shape index (κ1) is 22.5. The minimum Gasteiger partial charge on any atom is -0.495 e. The number of rotatable bonds is 8. The third-order valence-corrected chi connectivity index (χ3v) is 6.73. The highest BCUT2D eigenvalue weighted by atomic mass is 16.5. The number of nitrogens with zero attached hydrogens (tertiary/aromatic N) is 3. The number of anilines is 1. The van der Waals surface area contributed by atoms with Crippen molar-refractivity contribution in [1.29, 1.82) is 0 Å². The Morgan fingerprint density at radius 2 is 1.78 bits per heavy atom. The molecule has 32 heavy (non-hydrogen) atoms. The van der Waals surface area contributed by atoms with Gasteiger partial charge in [0.15, 0.2) is 5.96 Å². The van der Waals surface area contributed by atoms with Crippen LogP contribution in [0, 0.1) is 5.92 Å². The molecule has 2 aromatic rings. The van der Waals surface area contributed by atoms with E-state index in [2.05, 4.69) is 67.9 Å². The summed E-state index contributed by atoms with van der Waals surface area (Å²) < 4.78 is 5.54. The number of para-hydroxylation sites is 2. The van der Waals surface area contributed by atoms with Crippen molar-refractivity contribution >= 4 is 11.6 Å². The fourth-order valence-corrected chi connectivity index (χ4v) is 4.94. The SMILES string of the molecule is CN=C(NCC1CCN(c2ccccc2OC)C1)NCC1CCCN1Cc1ccccc1. The topological polar surface area (TPSA) is 52.1 Å². The zero-order valence-electron chi connectivity index (χ0n) is 19.5. The van der Waals surface area contributed by atoms with E-state index in [0.29, 0.717) is 12.0 Å². The van der Waals surface area contributed by atoms with Crippen LogP contribution in [-0.4, -0.2) is 63.8 Å². The van der Waals surface area contributed by atoms with Crippen molar-refractivity contribution < 1.29 is 4.74 Å². The van der Waals surface area contributed by atoms with Gasteiger partial charge in [0.25, 0.3) is 0 Å². The molecule has 0 bridgehead atoms. The van der Waals surface area contributed by atoms with E-state index >= 15 is 0 Å². The van der Waals surface area contributed by atoms with Crippen LogP contribution in [0.5, 0.6) is 5.75 Å². The Bertz CT molecular complexity index is 872. The Balaban J connectivity index is 1.22. The van der Waals surface area contributed by atoms with E-state index in [4.69, 9.17) is 4.74 Å². The van der Waals surface area contributed by atoms with E-state index < -0.39 is 0 Å². The summed E-state index contributed by atoms with van der Waals surface area (Å²) in [4.78, 5) is 9.49. The third kappa shape index (κ3) is 5.74. The molecule has 6 heteroatoms. The maximum absolute atomic E-state index is 5.54. The van der Waals surface area contributed by atoms with E-state index in [1.807, 2.05) is 19.2 Å². The number of methoxy groups -OCH3 is 1. The second-order valence-corrected chi connectivity index (χ2v) is 8.86. The van der Waals surface area contributed by atoms with Crippen LogP contribution < -0.4 is 20.3 Å². The molecule has 0 saturated carbocycles. The molecule has 2 heterocycles. The highest BCUT2D eigenvalue weighted by Crippen LogP contribution is 2.31. The first-order chi connectivity index (χ1) is 15.8. The second kappa shape index (κ2) is 11.2. The highest BCUT2D eigenvalue weighted by molar-refractivity contribution is 5.79. The van der Waals surface area contributed by atoms with E-state index in [9.17, 15) is 0 Å². The zero-order valence-corrected chi connectivity index (χ0v) is 19.5. The van der Waals surface area contributed by atoms with Crippen LogP contribution in [-0.2, 0) is 6.54 Å². The number of hydrogen-bond donors (Lipinski definition) is 2. The first-order valence-electron chi connectivity index (χ1n) is 11.9. The molecule has 2 atom stereocenters. The molecule has 6 nitrogen and oxygen atoms in total. The lowest BCUT2D eigenvalue weighted by molar-refractivity contribution is 0.245. The largest absolute Gasteiger partial charge is 0.495 e. The smallest absolute Gasteiger partial charge is 0.191 e. The number of nitrogens with one attached hydrogen (secondary N) is 2. The van der Waals surface area contributed by atoms with Crippen LogP contribution in [0.15, 0.2) is 59.6 Å². The van der Waals surface area contributed by atoms with Crippen molar-refractivity contribution in [3.8, 4) is 5.75 Å². The average Bonchev–Trinajstić information content (AvgIpc) is 3.49. The molecule has 0 spiro atoms. The predicted molar refractivity (Wildman–Crippen MR) is 133 cm³/mol. The third-order valence-electron chi connectivity index (χ3n) is 6.73. The summed E-state index contributed by atoms with van der Waals surface area (Å²) >= 11 is 0. The summed E-state index contributed by atoms with van der Waals surface area (Å²) in [6.07, 6.45) is 3.69. The second-order valence-electron chi connectivity index (χ2n) is 8.86. The quantitative estimate of drug-likeness (QED) is 0.492. The molecule has 2 aliphatic rings. The Labute approximate surface area is 192 Å². The van der Waals surface area contributed by atoms with Crippen molar-refractivity contribution in [2.75, 3.05) is 51.8 Å². The van der Waals surface area contributed by atoms with Gasteiger partial charge in [-0.3, -0.25) is 9.89 Å². The van der Waals surface area contributed by atoms with Gasteiger partial charge in [-0.25, -0.2) is 0 Å². The van der Waals surface area contributed by atoms with Crippen LogP contribution in [0.3, 0.4) is 0 Å². The van der Waals surface area contributed by atoms with Gasteiger partial charge in [0.2, 0.25) is 0 Å². The van der Waals surface area contributed by atoms with Crippen LogP contribution in [0.4, 0.5) is 5.69 Å². The van der Waals surface area contributed by atoms with Crippen LogP contribution in [0.1, 0.15) is 24.8 Å². The van der Waals surface area contributed by atoms with E-state index in [-0.39, 0.29) is 0 Å². The Kier molecular flexibility index (Phi) is 7.88. The molecule has 2 aliphatic heterocycles. The molecule has 0 amide bonds. The number of benzene rings is 2. The van der Waals surface area contributed by atoms with Gasteiger partial charge in [-0.15, -0.1) is 0 Å². The van der Waals surface area contributed by atoms with Crippen molar-refractivity contribution in [2.24, 2.45) is 10.9 Å². The molecule has 2 unspecified atom stereocenters. The minimum absolute atomic E-state index is 0.557. The molecule has 0 radical (unpaired) electrons. The van der Waals surface area contributed by atoms with Gasteiger partial charge < -0.3 is 20.3 Å². The van der Waals surface area contributed by atoms with Gasteiger partial charge in [-0.05, 0) is 49.4 Å². The number of aliphatic imine (C=N–C) groups is 1. The molecule has 2 N–H and O–H groups in total. The fraction of sp³-hybridized carbons (Fsp3) is 0.500.